The predicted octanol–water partition coefficient (Wildman–Crippen LogP) is 3.33. The third-order valence-electron chi connectivity index (χ3n) is 7.27. The molecule has 0 saturated heterocycles. The van der Waals surface area contributed by atoms with Gasteiger partial charge in [0.15, 0.2) is 35.1 Å². The number of pyridine rings is 1. The summed E-state index contributed by atoms with van der Waals surface area (Å²) >= 11 is 0. The summed E-state index contributed by atoms with van der Waals surface area (Å²) in [6.45, 7) is 1.37. The minimum Gasteiger partial charge on any atom is -0.493 e. The molecule has 3 atom stereocenters. The Morgan fingerprint density at radius 1 is 1.07 bits per heavy atom. The van der Waals surface area contributed by atoms with Crippen molar-refractivity contribution in [2.45, 2.75) is 38.4 Å². The first kappa shape index (κ1) is 25.8. The van der Waals surface area contributed by atoms with E-state index in [2.05, 4.69) is 0 Å². The van der Waals surface area contributed by atoms with Crippen LogP contribution in [0.5, 0.6) is 11.5 Å². The topological polar surface area (TPSA) is 111 Å². The highest BCUT2D eigenvalue weighted by Gasteiger charge is 2.44. The minimum atomic E-state index is -1.29. The van der Waals surface area contributed by atoms with Crippen molar-refractivity contribution in [2.24, 2.45) is 0 Å². The van der Waals surface area contributed by atoms with Gasteiger partial charge in [-0.15, -0.1) is 0 Å². The van der Waals surface area contributed by atoms with Gasteiger partial charge in [-0.25, -0.2) is 13.6 Å². The summed E-state index contributed by atoms with van der Waals surface area (Å²) in [6.07, 6.45) is 0.0899. The van der Waals surface area contributed by atoms with Gasteiger partial charge in [-0.05, 0) is 25.6 Å². The van der Waals surface area contributed by atoms with Crippen LogP contribution in [-0.2, 0) is 6.61 Å². The van der Waals surface area contributed by atoms with Crippen LogP contribution in [0.25, 0.3) is 0 Å². The summed E-state index contributed by atoms with van der Waals surface area (Å²) in [7, 11) is 1.68. The van der Waals surface area contributed by atoms with E-state index < -0.39 is 41.3 Å². The molecule has 0 fully saturated rings. The molecule has 0 aliphatic carbocycles. The Hall–Kier alpha value is -4.42. The van der Waals surface area contributed by atoms with Crippen LogP contribution < -0.4 is 25.7 Å². The Morgan fingerprint density at radius 3 is 2.55 bits per heavy atom. The molecule has 2 aromatic heterocycles. The van der Waals surface area contributed by atoms with Gasteiger partial charge in [0.25, 0.3) is 0 Å². The van der Waals surface area contributed by atoms with E-state index in [9.17, 15) is 23.5 Å². The molecule has 6 rings (SSSR count). The number of aromatic nitrogens is 1. The molecular formula is C28H25F2N3O7. The highest BCUT2D eigenvalue weighted by molar-refractivity contribution is 5.47. The normalized spacial score (nSPS) is 20.5. The van der Waals surface area contributed by atoms with Gasteiger partial charge in [0.05, 0.1) is 6.61 Å². The van der Waals surface area contributed by atoms with Gasteiger partial charge in [-0.3, -0.25) is 19.4 Å². The van der Waals surface area contributed by atoms with Crippen LogP contribution >= 0.6 is 0 Å². The standard InChI is InChI=1S/C28H25F2N3O7/c1-15-22(40-28(36)39-15)14-38-26-20(34)8-10-32-25(26)27(35)31(2)23-9-11-37-21-13-19(30)18(29)12-17(21)24(33(23)32)16-6-4-3-5-7-16/h3-8,10,12-13,23-24,27,35H,9,11,14H2,1-2H3/t23-,24+,27?/m0/s1. The number of rotatable bonds is 4. The quantitative estimate of drug-likeness (QED) is 0.407. The van der Waals surface area contributed by atoms with Gasteiger partial charge in [0.1, 0.15) is 30.3 Å². The fourth-order valence-electron chi connectivity index (χ4n) is 5.34. The molecule has 40 heavy (non-hydrogen) atoms. The fraction of sp³-hybridized carbons (Fsp3) is 0.286. The molecule has 1 N–H and O–H groups in total. The van der Waals surface area contributed by atoms with E-state index >= 15 is 0 Å². The average molecular weight is 554 g/mol. The Kier molecular flexibility index (Phi) is 6.43. The van der Waals surface area contributed by atoms with Gasteiger partial charge in [-0.2, -0.15) is 0 Å². The molecule has 2 aliphatic rings. The lowest BCUT2D eigenvalue weighted by Crippen LogP contribution is -2.61. The van der Waals surface area contributed by atoms with Crippen molar-refractivity contribution in [3.63, 3.8) is 0 Å². The second-order valence-corrected chi connectivity index (χ2v) is 9.62. The van der Waals surface area contributed by atoms with Crippen LogP contribution in [0.15, 0.2) is 73.2 Å². The Balaban J connectivity index is 1.56. The zero-order valence-corrected chi connectivity index (χ0v) is 21.5. The van der Waals surface area contributed by atoms with Crippen LogP contribution in [0, 0.1) is 18.6 Å². The lowest BCUT2D eigenvalue weighted by Gasteiger charge is -2.52. The first-order valence-electron chi connectivity index (χ1n) is 12.6. The van der Waals surface area contributed by atoms with Crippen molar-refractivity contribution in [3.8, 4) is 11.5 Å². The highest BCUT2D eigenvalue weighted by atomic mass is 19.2. The predicted molar refractivity (Wildman–Crippen MR) is 136 cm³/mol. The maximum Gasteiger partial charge on any atom is 0.519 e. The zero-order valence-electron chi connectivity index (χ0n) is 21.5. The van der Waals surface area contributed by atoms with E-state index in [1.165, 1.54) is 19.2 Å². The number of ether oxygens (including phenoxy) is 2. The third-order valence-corrected chi connectivity index (χ3v) is 7.27. The number of benzene rings is 2. The van der Waals surface area contributed by atoms with Crippen molar-refractivity contribution in [2.75, 3.05) is 18.7 Å². The van der Waals surface area contributed by atoms with Gasteiger partial charge >= 0.3 is 5.82 Å². The van der Waals surface area contributed by atoms with E-state index in [1.807, 2.05) is 35.3 Å². The van der Waals surface area contributed by atoms with Gasteiger partial charge in [0, 0.05) is 30.3 Å². The number of fused-ring (bicyclic) bond motifs is 4. The summed E-state index contributed by atoms with van der Waals surface area (Å²) in [6, 6.07) is 11.9. The van der Waals surface area contributed by atoms with Crippen molar-refractivity contribution in [1.82, 2.24) is 9.58 Å². The van der Waals surface area contributed by atoms with Crippen LogP contribution in [0.2, 0.25) is 0 Å². The fourth-order valence-corrected chi connectivity index (χ4v) is 5.34. The molecule has 0 radical (unpaired) electrons. The molecular weight excluding hydrogens is 528 g/mol. The number of hydrogen-bond donors (Lipinski definition) is 1. The Bertz CT molecular complexity index is 1680. The largest absolute Gasteiger partial charge is 0.519 e. The van der Waals surface area contributed by atoms with Crippen molar-refractivity contribution in [1.29, 1.82) is 0 Å². The van der Waals surface area contributed by atoms with Crippen LogP contribution in [0.3, 0.4) is 0 Å². The molecule has 0 amide bonds. The number of hydrogen-bond acceptors (Lipinski definition) is 9. The summed E-state index contributed by atoms with van der Waals surface area (Å²) < 4.78 is 52.2. The van der Waals surface area contributed by atoms with Gasteiger partial charge < -0.3 is 23.4 Å². The zero-order chi connectivity index (χ0) is 28.1. The molecule has 10 nitrogen and oxygen atoms in total. The number of aryl methyl sites for hydroxylation is 1. The molecule has 2 aliphatic heterocycles. The summed E-state index contributed by atoms with van der Waals surface area (Å²) in [5.74, 6) is -2.65. The summed E-state index contributed by atoms with van der Waals surface area (Å²) in [5, 5.41) is 13.3. The van der Waals surface area contributed by atoms with E-state index in [4.69, 9.17) is 18.3 Å². The molecule has 208 valence electrons. The van der Waals surface area contributed by atoms with Crippen molar-refractivity contribution < 1.29 is 32.2 Å². The number of nitrogens with zero attached hydrogens (tertiary/aromatic N) is 3. The number of halogens is 2. The molecule has 0 bridgehead atoms. The van der Waals surface area contributed by atoms with Crippen LogP contribution in [0.1, 0.15) is 47.0 Å². The third kappa shape index (κ3) is 4.25. The summed E-state index contributed by atoms with van der Waals surface area (Å²) in [4.78, 5) is 26.2. The Labute approximate surface area is 226 Å². The Morgan fingerprint density at radius 2 is 1.82 bits per heavy atom. The molecule has 2 aromatic carbocycles. The van der Waals surface area contributed by atoms with Gasteiger partial charge in [-0.1, -0.05) is 30.3 Å². The lowest BCUT2D eigenvalue weighted by atomic mass is 9.94. The molecule has 4 heterocycles. The maximum absolute atomic E-state index is 14.7. The highest BCUT2D eigenvalue weighted by Crippen LogP contribution is 2.43. The first-order valence-corrected chi connectivity index (χ1v) is 12.6. The van der Waals surface area contributed by atoms with Crippen molar-refractivity contribution in [3.05, 3.63) is 116 Å². The number of aliphatic hydroxyl groups excluding tert-OH is 1. The van der Waals surface area contributed by atoms with Crippen LogP contribution in [0.4, 0.5) is 8.78 Å². The maximum atomic E-state index is 14.7. The monoisotopic (exact) mass is 553 g/mol. The second kappa shape index (κ2) is 9.96. The SMILES string of the molecule is Cc1oc(=O)oc1COc1c2n(ccc1=O)N1[C@H](c3ccccc3)c3cc(F)c(F)cc3OCC[C@H]1N(C)C2O. The summed E-state index contributed by atoms with van der Waals surface area (Å²) in [5.41, 5.74) is 0.697. The lowest BCUT2D eigenvalue weighted by molar-refractivity contribution is -0.0516. The van der Waals surface area contributed by atoms with E-state index in [0.717, 1.165) is 17.7 Å². The van der Waals surface area contributed by atoms with E-state index in [-0.39, 0.29) is 41.9 Å². The van der Waals surface area contributed by atoms with E-state index in [1.54, 1.807) is 16.6 Å². The smallest absolute Gasteiger partial charge is 0.493 e. The molecule has 0 saturated carbocycles. The second-order valence-electron chi connectivity index (χ2n) is 9.62. The first-order chi connectivity index (χ1) is 19.2. The average Bonchev–Trinajstić information content (AvgIpc) is 3.26. The molecule has 0 spiro atoms. The van der Waals surface area contributed by atoms with Crippen molar-refractivity contribution >= 4 is 0 Å². The minimum absolute atomic E-state index is 0.0977. The molecule has 12 heteroatoms. The number of aliphatic hydroxyl groups is 1. The van der Waals surface area contributed by atoms with Crippen LogP contribution in [-0.4, -0.2) is 34.5 Å². The van der Waals surface area contributed by atoms with Gasteiger partial charge in [0.2, 0.25) is 5.43 Å². The van der Waals surface area contributed by atoms with E-state index in [0.29, 0.717) is 12.0 Å². The molecule has 1 unspecified atom stereocenters. The molecule has 4 aromatic rings.